The van der Waals surface area contributed by atoms with E-state index in [0.717, 1.165) is 0 Å². The molecule has 0 saturated carbocycles. The third-order valence-corrected chi connectivity index (χ3v) is 0. The number of hydrogen-bond donors (Lipinski definition) is 3. The smallest absolute Gasteiger partial charge is 0.303 e. The van der Waals surface area contributed by atoms with E-state index in [1.54, 1.807) is 0 Å². The largest absolute Gasteiger partial charge is 0.466 e. The molecule has 7 heavy (non-hydrogen) atoms. The molecule has 5 radical (unpaired) electrons. The molecule has 0 aliphatic carbocycles. The minimum absolute atomic E-state index is 0. The summed E-state index contributed by atoms with van der Waals surface area (Å²) in [4.78, 5) is 21.6. The molecule has 0 aliphatic rings. The summed E-state index contributed by atoms with van der Waals surface area (Å²) in [5.74, 6) is 0. The fraction of sp³-hybridized carbons (Fsp3) is 0. The van der Waals surface area contributed by atoms with Crippen molar-refractivity contribution in [1.82, 2.24) is 0 Å². The molecule has 0 aliphatic heterocycles. The maximum atomic E-state index is 8.88. The zero-order valence-corrected chi connectivity index (χ0v) is 5.59. The summed E-state index contributed by atoms with van der Waals surface area (Å²) in [6.45, 7) is 0. The molecule has 7 heteroatoms. The van der Waals surface area contributed by atoms with Gasteiger partial charge in [0, 0.05) is 29.8 Å². The van der Waals surface area contributed by atoms with Gasteiger partial charge in [0.25, 0.3) is 0 Å². The van der Waals surface area contributed by atoms with E-state index >= 15 is 0 Å². The molecule has 0 unspecified atom stereocenters. The Hall–Kier alpha value is 0.924. The van der Waals surface area contributed by atoms with Crippen molar-refractivity contribution in [2.24, 2.45) is 0 Å². The third-order valence-electron chi connectivity index (χ3n) is 0. The van der Waals surface area contributed by atoms with Crippen molar-refractivity contribution >= 4 is 37.6 Å². The first kappa shape index (κ1) is 15.7. The second kappa shape index (κ2) is 5.07. The topological polar surface area (TPSA) is 77.8 Å². The fourth-order valence-electron chi connectivity index (χ4n) is 0. The normalized spacial score (nSPS) is 8.43. The maximum Gasteiger partial charge on any atom is 0.466 e. The van der Waals surface area contributed by atoms with Gasteiger partial charge in [-0.05, 0) is 0 Å². The minimum Gasteiger partial charge on any atom is -0.303 e. The number of rotatable bonds is 0. The molecule has 0 fully saturated rings. The first-order valence-corrected chi connectivity index (χ1v) is 2.35. The van der Waals surface area contributed by atoms with E-state index in [2.05, 4.69) is 0 Å². The van der Waals surface area contributed by atoms with Crippen molar-refractivity contribution in [3.63, 3.8) is 0 Å². The van der Waals surface area contributed by atoms with E-state index in [9.17, 15) is 0 Å². The van der Waals surface area contributed by atoms with Crippen molar-refractivity contribution in [3.8, 4) is 0 Å². The zero-order valence-electron chi connectivity index (χ0n) is 3.70. The van der Waals surface area contributed by atoms with Crippen LogP contribution in [0.4, 0.5) is 0 Å². The molecule has 0 saturated heterocycles. The van der Waals surface area contributed by atoms with Crippen LogP contribution in [-0.2, 0) is 4.57 Å². The molecule has 0 aromatic heterocycles. The fourth-order valence-corrected chi connectivity index (χ4v) is 0. The van der Waals surface area contributed by atoms with Gasteiger partial charge < -0.3 is 14.7 Å². The second-order valence-corrected chi connectivity index (χ2v) is 1.54. The average molecular weight is 133 g/mol. The summed E-state index contributed by atoms with van der Waals surface area (Å²) in [6.07, 6.45) is 0. The molecule has 3 N–H and O–H groups in total. The van der Waals surface area contributed by atoms with E-state index in [-0.39, 0.29) is 29.8 Å². The first-order chi connectivity index (χ1) is 2.00. The Morgan fingerprint density at radius 1 is 1.14 bits per heavy atom. The van der Waals surface area contributed by atoms with Gasteiger partial charge in [-0.15, -0.1) is 0 Å². The molecular formula is H3LiO4PSi. The Kier molecular flexibility index (Phi) is 11.3. The summed E-state index contributed by atoms with van der Waals surface area (Å²) < 4.78 is 8.88. The van der Waals surface area contributed by atoms with Crippen molar-refractivity contribution in [2.45, 2.75) is 0 Å². The van der Waals surface area contributed by atoms with Crippen LogP contribution in [-0.4, -0.2) is 44.5 Å². The Labute approximate surface area is 57.4 Å². The molecule has 4 nitrogen and oxygen atoms in total. The van der Waals surface area contributed by atoms with Crippen molar-refractivity contribution < 1.29 is 19.2 Å². The van der Waals surface area contributed by atoms with E-state index in [1.807, 2.05) is 0 Å². The monoisotopic (exact) mass is 133 g/mol. The van der Waals surface area contributed by atoms with E-state index in [1.165, 1.54) is 0 Å². The van der Waals surface area contributed by atoms with E-state index < -0.39 is 7.82 Å². The van der Waals surface area contributed by atoms with Crippen molar-refractivity contribution in [2.75, 3.05) is 0 Å². The third kappa shape index (κ3) is 197. The quantitative estimate of drug-likeness (QED) is 0.272. The summed E-state index contributed by atoms with van der Waals surface area (Å²) in [7, 11) is -4.64. The predicted octanol–water partition coefficient (Wildman–Crippen LogP) is -1.69. The summed E-state index contributed by atoms with van der Waals surface area (Å²) >= 11 is 0. The minimum atomic E-state index is -4.64. The van der Waals surface area contributed by atoms with Gasteiger partial charge in [0.1, 0.15) is 0 Å². The van der Waals surface area contributed by atoms with Gasteiger partial charge in [-0.2, -0.15) is 0 Å². The molecule has 0 heterocycles. The molecule has 37 valence electrons. The van der Waals surface area contributed by atoms with Crippen LogP contribution in [0.5, 0.6) is 0 Å². The number of phosphoric acid groups is 1. The van der Waals surface area contributed by atoms with Crippen molar-refractivity contribution in [1.29, 1.82) is 0 Å². The molecule has 0 amide bonds. The molecular weight excluding hydrogens is 130 g/mol. The maximum absolute atomic E-state index is 8.88. The first-order valence-electron chi connectivity index (χ1n) is 0.783. The van der Waals surface area contributed by atoms with Crippen LogP contribution >= 0.6 is 7.82 Å². The van der Waals surface area contributed by atoms with Gasteiger partial charge in [-0.25, -0.2) is 4.57 Å². The molecule has 0 aromatic carbocycles. The second-order valence-electron chi connectivity index (χ2n) is 0.513. The molecule has 0 rings (SSSR count). The van der Waals surface area contributed by atoms with Gasteiger partial charge in [0.05, 0.1) is 0 Å². The Balaban J connectivity index is -0.0000000800. The molecule has 0 spiro atoms. The van der Waals surface area contributed by atoms with Gasteiger partial charge >= 0.3 is 7.82 Å². The average Bonchev–Trinajstić information content (AvgIpc) is 0.722. The summed E-state index contributed by atoms with van der Waals surface area (Å²) in [6, 6.07) is 0. The van der Waals surface area contributed by atoms with Crippen LogP contribution in [0.2, 0.25) is 0 Å². The van der Waals surface area contributed by atoms with Crippen LogP contribution in [0.15, 0.2) is 0 Å². The van der Waals surface area contributed by atoms with Crippen LogP contribution < -0.4 is 0 Å². The van der Waals surface area contributed by atoms with Crippen LogP contribution in [0.25, 0.3) is 0 Å². The van der Waals surface area contributed by atoms with Crippen LogP contribution in [0.1, 0.15) is 0 Å². The van der Waals surface area contributed by atoms with Crippen molar-refractivity contribution in [3.05, 3.63) is 0 Å². The SMILES string of the molecule is O=P(O)(O)O.[Li].[Si]. The van der Waals surface area contributed by atoms with Gasteiger partial charge in [0.15, 0.2) is 0 Å². The van der Waals surface area contributed by atoms with Crippen LogP contribution in [0.3, 0.4) is 0 Å². The predicted molar refractivity (Wildman–Crippen MR) is 25.8 cm³/mol. The Morgan fingerprint density at radius 3 is 1.14 bits per heavy atom. The number of hydrogen-bond acceptors (Lipinski definition) is 1. The van der Waals surface area contributed by atoms with E-state index in [0.29, 0.717) is 0 Å². The molecule has 0 aromatic rings. The van der Waals surface area contributed by atoms with E-state index in [4.69, 9.17) is 19.2 Å². The summed E-state index contributed by atoms with van der Waals surface area (Å²) in [5.41, 5.74) is 0. The van der Waals surface area contributed by atoms with Gasteiger partial charge in [-0.3, -0.25) is 0 Å². The van der Waals surface area contributed by atoms with Gasteiger partial charge in [0.2, 0.25) is 0 Å². The van der Waals surface area contributed by atoms with Gasteiger partial charge in [-0.1, -0.05) is 0 Å². The summed E-state index contributed by atoms with van der Waals surface area (Å²) in [5, 5.41) is 0. The standard InChI is InChI=1S/Li.H3O4P.Si/c;1-5(2,3)4;/h;(H3,1,2,3,4);. The van der Waals surface area contributed by atoms with Crippen LogP contribution in [0, 0.1) is 0 Å². The molecule has 0 bridgehead atoms. The Morgan fingerprint density at radius 2 is 1.14 bits per heavy atom. The zero-order chi connectivity index (χ0) is 4.50. The molecule has 0 atom stereocenters. The Bertz CT molecular complexity index is 57.8.